The van der Waals surface area contributed by atoms with Gasteiger partial charge in [-0.15, -0.1) is 0 Å². The Hall–Kier alpha value is -2.97. The molecule has 3 aromatic rings. The number of hydrogen-bond donors (Lipinski definition) is 3. The first-order valence-electron chi connectivity index (χ1n) is 6.96. The molecule has 4 N–H and O–H groups in total. The molecule has 1 heterocycles. The van der Waals surface area contributed by atoms with Crippen molar-refractivity contribution in [1.29, 1.82) is 0 Å². The van der Waals surface area contributed by atoms with Crippen molar-refractivity contribution in [1.82, 2.24) is 9.97 Å². The summed E-state index contributed by atoms with van der Waals surface area (Å²) < 4.78 is 31.4. The Morgan fingerprint density at radius 1 is 1.04 bits per heavy atom. The van der Waals surface area contributed by atoms with Crippen molar-refractivity contribution >= 4 is 27.3 Å². The molecule has 0 radical (unpaired) electrons. The van der Waals surface area contributed by atoms with Crippen LogP contribution in [0.25, 0.3) is 11.4 Å². The molecule has 0 unspecified atom stereocenters. The van der Waals surface area contributed by atoms with Crippen molar-refractivity contribution < 1.29 is 13.0 Å². The second-order valence-corrected chi connectivity index (χ2v) is 6.37. The van der Waals surface area contributed by atoms with Gasteiger partial charge in [0.15, 0.2) is 5.82 Å². The Labute approximate surface area is 139 Å². The Balaban J connectivity index is 1.88. The van der Waals surface area contributed by atoms with Crippen LogP contribution in [0.1, 0.15) is 0 Å². The van der Waals surface area contributed by atoms with Gasteiger partial charge in [-0.3, -0.25) is 4.55 Å². The van der Waals surface area contributed by atoms with Crippen LogP contribution >= 0.6 is 0 Å². The van der Waals surface area contributed by atoms with E-state index in [9.17, 15) is 8.42 Å². The van der Waals surface area contributed by atoms with E-state index in [1.165, 1.54) is 18.2 Å². The summed E-state index contributed by atoms with van der Waals surface area (Å²) in [6.07, 6.45) is 1.62. The molecule has 3 rings (SSSR count). The summed E-state index contributed by atoms with van der Waals surface area (Å²) in [5, 5.41) is 3.03. The second kappa shape index (κ2) is 6.26. The average Bonchev–Trinajstić information content (AvgIpc) is 2.55. The topological polar surface area (TPSA) is 118 Å². The quantitative estimate of drug-likeness (QED) is 0.493. The van der Waals surface area contributed by atoms with Gasteiger partial charge in [-0.25, -0.2) is 9.97 Å². The third-order valence-corrected chi connectivity index (χ3v) is 4.18. The lowest BCUT2D eigenvalue weighted by Gasteiger charge is -2.09. The predicted molar refractivity (Wildman–Crippen MR) is 91.4 cm³/mol. The zero-order valence-electron chi connectivity index (χ0n) is 12.4. The summed E-state index contributed by atoms with van der Waals surface area (Å²) in [6.45, 7) is 0. The number of hydrogen-bond acceptors (Lipinski definition) is 6. The summed E-state index contributed by atoms with van der Waals surface area (Å²) in [7, 11) is -4.34. The van der Waals surface area contributed by atoms with E-state index in [4.69, 9.17) is 10.3 Å². The maximum atomic E-state index is 11.2. The first-order chi connectivity index (χ1) is 11.4. The lowest BCUT2D eigenvalue weighted by molar-refractivity contribution is 0.483. The summed E-state index contributed by atoms with van der Waals surface area (Å²) >= 11 is 0. The Kier molecular flexibility index (Phi) is 4.15. The summed E-state index contributed by atoms with van der Waals surface area (Å²) in [5.41, 5.74) is 7.03. The number of rotatable bonds is 4. The zero-order valence-corrected chi connectivity index (χ0v) is 13.2. The minimum atomic E-state index is -4.34. The highest BCUT2D eigenvalue weighted by Gasteiger charge is 2.14. The molecule has 1 aromatic heterocycles. The van der Waals surface area contributed by atoms with E-state index in [1.54, 1.807) is 12.3 Å². The maximum absolute atomic E-state index is 11.2. The lowest BCUT2D eigenvalue weighted by Crippen LogP contribution is -2.04. The summed E-state index contributed by atoms with van der Waals surface area (Å²) in [5.74, 6) is 1.09. The lowest BCUT2D eigenvalue weighted by atomic mass is 10.2. The van der Waals surface area contributed by atoms with Crippen LogP contribution in [-0.4, -0.2) is 22.9 Å². The van der Waals surface area contributed by atoms with Gasteiger partial charge in [-0.2, -0.15) is 8.42 Å². The molecule has 24 heavy (non-hydrogen) atoms. The number of anilines is 3. The van der Waals surface area contributed by atoms with E-state index in [0.717, 1.165) is 5.56 Å². The van der Waals surface area contributed by atoms with Crippen LogP contribution in [0.4, 0.5) is 17.2 Å². The largest absolute Gasteiger partial charge is 0.398 e. The van der Waals surface area contributed by atoms with Crippen molar-refractivity contribution in [3.8, 4) is 11.4 Å². The molecule has 8 heteroatoms. The molecule has 0 saturated heterocycles. The number of nitrogens with two attached hydrogens (primary N) is 1. The van der Waals surface area contributed by atoms with E-state index in [1.807, 2.05) is 30.3 Å². The van der Waals surface area contributed by atoms with E-state index in [-0.39, 0.29) is 10.6 Å². The summed E-state index contributed by atoms with van der Waals surface area (Å²) in [4.78, 5) is 8.30. The maximum Gasteiger partial charge on any atom is 0.296 e. The number of benzene rings is 2. The van der Waals surface area contributed by atoms with Gasteiger partial charge in [-0.1, -0.05) is 30.3 Å². The molecule has 0 aliphatic rings. The fraction of sp³-hybridized carbons (Fsp3) is 0. The highest BCUT2D eigenvalue weighted by molar-refractivity contribution is 7.86. The fourth-order valence-corrected chi connectivity index (χ4v) is 2.76. The average molecular weight is 342 g/mol. The van der Waals surface area contributed by atoms with Crippen LogP contribution < -0.4 is 11.1 Å². The van der Waals surface area contributed by atoms with E-state index < -0.39 is 10.1 Å². The van der Waals surface area contributed by atoms with Crippen molar-refractivity contribution in [2.75, 3.05) is 11.1 Å². The highest BCUT2D eigenvalue weighted by atomic mass is 32.2. The molecule has 0 aliphatic carbocycles. The van der Waals surface area contributed by atoms with Crippen LogP contribution in [0, 0.1) is 0 Å². The normalized spacial score (nSPS) is 11.2. The monoisotopic (exact) mass is 342 g/mol. The van der Waals surface area contributed by atoms with Crippen molar-refractivity contribution in [2.45, 2.75) is 4.90 Å². The van der Waals surface area contributed by atoms with Gasteiger partial charge in [0.2, 0.25) is 0 Å². The van der Waals surface area contributed by atoms with E-state index in [2.05, 4.69) is 15.3 Å². The SMILES string of the molecule is Nc1cc(Nc2ccnc(-c3ccccc3)n2)ccc1S(=O)(=O)O. The van der Waals surface area contributed by atoms with Gasteiger partial charge in [0.1, 0.15) is 10.7 Å². The van der Waals surface area contributed by atoms with Crippen LogP contribution in [-0.2, 0) is 10.1 Å². The Morgan fingerprint density at radius 2 is 1.79 bits per heavy atom. The number of nitrogens with one attached hydrogen (secondary N) is 1. The highest BCUT2D eigenvalue weighted by Crippen LogP contribution is 2.24. The third-order valence-electron chi connectivity index (χ3n) is 3.25. The van der Waals surface area contributed by atoms with Gasteiger partial charge in [0.05, 0.1) is 5.69 Å². The first-order valence-corrected chi connectivity index (χ1v) is 8.40. The van der Waals surface area contributed by atoms with Gasteiger partial charge >= 0.3 is 0 Å². The summed E-state index contributed by atoms with van der Waals surface area (Å²) in [6, 6.07) is 15.3. The molecular weight excluding hydrogens is 328 g/mol. The van der Waals surface area contributed by atoms with Crippen molar-refractivity contribution in [3.05, 3.63) is 60.8 Å². The first kappa shape index (κ1) is 15.9. The number of nitrogen functional groups attached to an aromatic ring is 1. The Bertz CT molecular complexity index is 976. The molecule has 2 aromatic carbocycles. The third kappa shape index (κ3) is 3.50. The molecule has 0 saturated carbocycles. The van der Waals surface area contributed by atoms with Gasteiger partial charge in [0.25, 0.3) is 10.1 Å². The van der Waals surface area contributed by atoms with Crippen LogP contribution in [0.5, 0.6) is 0 Å². The van der Waals surface area contributed by atoms with Gasteiger partial charge in [-0.05, 0) is 24.3 Å². The minimum absolute atomic E-state index is 0.0557. The molecule has 7 nitrogen and oxygen atoms in total. The van der Waals surface area contributed by atoms with Gasteiger partial charge < -0.3 is 11.1 Å². The molecule has 0 spiro atoms. The molecule has 0 atom stereocenters. The number of nitrogens with zero attached hydrogens (tertiary/aromatic N) is 2. The Morgan fingerprint density at radius 3 is 2.46 bits per heavy atom. The predicted octanol–water partition coefficient (Wildman–Crippen LogP) is 2.72. The second-order valence-electron chi connectivity index (χ2n) is 4.98. The molecule has 0 amide bonds. The fourth-order valence-electron chi connectivity index (χ4n) is 2.16. The van der Waals surface area contributed by atoms with Crippen LogP contribution in [0.3, 0.4) is 0 Å². The van der Waals surface area contributed by atoms with Crippen LogP contribution in [0.2, 0.25) is 0 Å². The molecule has 122 valence electrons. The van der Waals surface area contributed by atoms with Crippen LogP contribution in [0.15, 0.2) is 65.7 Å². The van der Waals surface area contributed by atoms with E-state index >= 15 is 0 Å². The standard InChI is InChI=1S/C16H14N4O3S/c17-13-10-12(6-7-14(13)24(21,22)23)19-15-8-9-18-16(20-15)11-4-2-1-3-5-11/h1-10H,17H2,(H,18,19,20)(H,21,22,23). The van der Waals surface area contributed by atoms with Crippen molar-refractivity contribution in [3.63, 3.8) is 0 Å². The van der Waals surface area contributed by atoms with Crippen molar-refractivity contribution in [2.24, 2.45) is 0 Å². The zero-order chi connectivity index (χ0) is 17.2. The van der Waals surface area contributed by atoms with E-state index in [0.29, 0.717) is 17.3 Å². The molecule has 0 fully saturated rings. The molecule has 0 aliphatic heterocycles. The smallest absolute Gasteiger partial charge is 0.296 e. The number of aromatic nitrogens is 2. The minimum Gasteiger partial charge on any atom is -0.398 e. The molecule has 0 bridgehead atoms. The molecular formula is C16H14N4O3S. The van der Waals surface area contributed by atoms with Gasteiger partial charge in [0, 0.05) is 17.4 Å².